The molecule has 1 N–H and O–H groups in total. The number of esters is 1. The van der Waals surface area contributed by atoms with E-state index in [0.717, 1.165) is 18.8 Å². The molecular formula is C14H19N3O4S. The van der Waals surface area contributed by atoms with E-state index in [0.29, 0.717) is 5.41 Å². The van der Waals surface area contributed by atoms with Crippen LogP contribution in [0.25, 0.3) is 0 Å². The summed E-state index contributed by atoms with van der Waals surface area (Å²) in [6.45, 7) is 2.21. The van der Waals surface area contributed by atoms with Crippen molar-refractivity contribution < 1.29 is 17.9 Å². The lowest BCUT2D eigenvalue weighted by Crippen LogP contribution is -2.55. The maximum Gasteiger partial charge on any atom is 0.359 e. The average Bonchev–Trinajstić information content (AvgIpc) is 2.42. The number of hydrogen-bond acceptors (Lipinski definition) is 6. The Labute approximate surface area is 129 Å². The van der Waals surface area contributed by atoms with Gasteiger partial charge in [-0.05, 0) is 37.0 Å². The van der Waals surface area contributed by atoms with Crippen molar-refractivity contribution in [1.82, 2.24) is 14.7 Å². The van der Waals surface area contributed by atoms with Crippen LogP contribution in [0.3, 0.4) is 0 Å². The first-order valence-corrected chi connectivity index (χ1v) is 8.75. The number of rotatable bonds is 4. The van der Waals surface area contributed by atoms with E-state index < -0.39 is 16.0 Å². The predicted molar refractivity (Wildman–Crippen MR) is 77.5 cm³/mol. The monoisotopic (exact) mass is 325 g/mol. The van der Waals surface area contributed by atoms with E-state index >= 15 is 0 Å². The minimum Gasteiger partial charge on any atom is -0.464 e. The summed E-state index contributed by atoms with van der Waals surface area (Å²) in [5.41, 5.74) is 0.0453. The number of methoxy groups -OCH3 is 1. The third kappa shape index (κ3) is 2.61. The summed E-state index contributed by atoms with van der Waals surface area (Å²) in [6, 6.07) is -0.0926. The molecule has 0 saturated heterocycles. The van der Waals surface area contributed by atoms with E-state index in [1.807, 2.05) is 0 Å². The van der Waals surface area contributed by atoms with Gasteiger partial charge in [0.25, 0.3) is 10.0 Å². The van der Waals surface area contributed by atoms with Crippen molar-refractivity contribution in [3.8, 4) is 0 Å². The molecule has 2 fully saturated rings. The van der Waals surface area contributed by atoms with Crippen LogP contribution in [0, 0.1) is 11.3 Å². The van der Waals surface area contributed by atoms with Gasteiger partial charge in [0.2, 0.25) is 5.03 Å². The summed E-state index contributed by atoms with van der Waals surface area (Å²) in [7, 11) is -2.70. The maximum absolute atomic E-state index is 12.4. The molecule has 1 spiro atoms. The fourth-order valence-corrected chi connectivity index (χ4v) is 5.16. The van der Waals surface area contributed by atoms with Gasteiger partial charge >= 0.3 is 5.97 Å². The highest BCUT2D eigenvalue weighted by Gasteiger charge is 2.52. The Bertz CT molecular complexity index is 690. The summed E-state index contributed by atoms with van der Waals surface area (Å²) in [5.74, 6) is -0.0742. The lowest BCUT2D eigenvalue weighted by molar-refractivity contribution is -0.0359. The average molecular weight is 325 g/mol. The van der Waals surface area contributed by atoms with Gasteiger partial charge in [0.15, 0.2) is 5.69 Å². The van der Waals surface area contributed by atoms with Crippen LogP contribution in [-0.4, -0.2) is 37.5 Å². The zero-order chi connectivity index (χ0) is 16.0. The number of carbonyl (C=O) groups is 1. The Balaban J connectivity index is 1.73. The molecule has 22 heavy (non-hydrogen) atoms. The van der Waals surface area contributed by atoms with Gasteiger partial charge in [-0.25, -0.2) is 27.9 Å². The van der Waals surface area contributed by atoms with Crippen molar-refractivity contribution in [2.75, 3.05) is 7.11 Å². The number of sulfonamides is 1. The molecule has 2 aliphatic carbocycles. The van der Waals surface area contributed by atoms with Crippen molar-refractivity contribution in [2.24, 2.45) is 11.3 Å². The molecule has 7 nitrogen and oxygen atoms in total. The standard InChI is InChI=1S/C14H19N3O4S/c1-9-5-14(6-9)7-10(8-14)17-22(19,20)12-11(13(18)21-2)15-3-4-16-12/h3-4,9-10,17H,5-8H2,1-2H3. The molecule has 1 aromatic heterocycles. The van der Waals surface area contributed by atoms with E-state index in [1.54, 1.807) is 0 Å². The van der Waals surface area contributed by atoms with Gasteiger partial charge in [-0.3, -0.25) is 0 Å². The number of nitrogens with one attached hydrogen (secondary N) is 1. The smallest absolute Gasteiger partial charge is 0.359 e. The van der Waals surface area contributed by atoms with Gasteiger partial charge in [0, 0.05) is 18.4 Å². The van der Waals surface area contributed by atoms with Crippen molar-refractivity contribution in [2.45, 2.75) is 43.7 Å². The number of hydrogen-bond donors (Lipinski definition) is 1. The molecule has 0 aliphatic heterocycles. The number of nitrogens with zero attached hydrogens (tertiary/aromatic N) is 2. The molecule has 0 radical (unpaired) electrons. The van der Waals surface area contributed by atoms with Crippen LogP contribution in [-0.2, 0) is 14.8 Å². The minimum absolute atomic E-state index is 0.0926. The third-order valence-corrected chi connectivity index (χ3v) is 5.99. The van der Waals surface area contributed by atoms with E-state index in [9.17, 15) is 13.2 Å². The lowest BCUT2D eigenvalue weighted by Gasteiger charge is -2.57. The normalized spacial score (nSPS) is 30.5. The zero-order valence-electron chi connectivity index (χ0n) is 12.6. The molecule has 1 aromatic rings. The van der Waals surface area contributed by atoms with Crippen molar-refractivity contribution in [3.05, 3.63) is 18.1 Å². The van der Waals surface area contributed by atoms with E-state index in [4.69, 9.17) is 0 Å². The Hall–Kier alpha value is -1.54. The Morgan fingerprint density at radius 3 is 2.50 bits per heavy atom. The van der Waals surface area contributed by atoms with Gasteiger partial charge < -0.3 is 4.74 Å². The summed E-state index contributed by atoms with van der Waals surface area (Å²) < 4.78 is 32.1. The molecule has 2 aliphatic rings. The van der Waals surface area contributed by atoms with Gasteiger partial charge in [-0.2, -0.15) is 0 Å². The highest BCUT2D eigenvalue weighted by atomic mass is 32.2. The van der Waals surface area contributed by atoms with Gasteiger partial charge in [-0.15, -0.1) is 0 Å². The van der Waals surface area contributed by atoms with E-state index in [1.165, 1.54) is 32.3 Å². The minimum atomic E-state index is -3.88. The summed E-state index contributed by atoms with van der Waals surface area (Å²) in [4.78, 5) is 19.2. The SMILES string of the molecule is COC(=O)c1nccnc1S(=O)(=O)NC1CC2(CC(C)C2)C1. The highest BCUT2D eigenvalue weighted by Crippen LogP contribution is 2.58. The van der Waals surface area contributed by atoms with Crippen LogP contribution in [0.4, 0.5) is 0 Å². The third-order valence-electron chi connectivity index (χ3n) is 4.54. The first-order valence-electron chi connectivity index (χ1n) is 7.27. The van der Waals surface area contributed by atoms with Gasteiger partial charge in [0.05, 0.1) is 7.11 Å². The Morgan fingerprint density at radius 2 is 1.91 bits per heavy atom. The van der Waals surface area contributed by atoms with Crippen LogP contribution in [0.5, 0.6) is 0 Å². The van der Waals surface area contributed by atoms with E-state index in [-0.39, 0.29) is 16.8 Å². The molecule has 2 saturated carbocycles. The fourth-order valence-electron chi connectivity index (χ4n) is 3.85. The molecule has 0 unspecified atom stereocenters. The summed E-state index contributed by atoms with van der Waals surface area (Å²) in [6.07, 6.45) is 6.55. The molecular weight excluding hydrogens is 306 g/mol. The van der Waals surface area contributed by atoms with Crippen LogP contribution in [0.1, 0.15) is 43.1 Å². The quantitative estimate of drug-likeness (QED) is 0.833. The van der Waals surface area contributed by atoms with Crippen LogP contribution < -0.4 is 4.72 Å². The van der Waals surface area contributed by atoms with E-state index in [2.05, 4.69) is 26.4 Å². The second-order valence-electron chi connectivity index (χ2n) is 6.44. The molecule has 0 bridgehead atoms. The first kappa shape index (κ1) is 15.4. The van der Waals surface area contributed by atoms with Crippen LogP contribution in [0.2, 0.25) is 0 Å². The Morgan fingerprint density at radius 1 is 1.27 bits per heavy atom. The summed E-state index contributed by atoms with van der Waals surface area (Å²) in [5, 5.41) is -0.371. The molecule has 0 atom stereocenters. The first-order chi connectivity index (χ1) is 10.4. The largest absolute Gasteiger partial charge is 0.464 e. The molecule has 0 amide bonds. The molecule has 8 heteroatoms. The predicted octanol–water partition coefficient (Wildman–Crippen LogP) is 1.12. The van der Waals surface area contributed by atoms with Crippen LogP contribution in [0.15, 0.2) is 17.4 Å². The highest BCUT2D eigenvalue weighted by molar-refractivity contribution is 7.89. The van der Waals surface area contributed by atoms with Gasteiger partial charge in [-0.1, -0.05) is 6.92 Å². The second kappa shape index (κ2) is 5.27. The molecule has 120 valence electrons. The van der Waals surface area contributed by atoms with Crippen molar-refractivity contribution in [3.63, 3.8) is 0 Å². The van der Waals surface area contributed by atoms with Crippen molar-refractivity contribution >= 4 is 16.0 Å². The Kier molecular flexibility index (Phi) is 3.68. The molecule has 3 rings (SSSR count). The molecule has 1 heterocycles. The van der Waals surface area contributed by atoms with Crippen molar-refractivity contribution in [1.29, 1.82) is 0 Å². The second-order valence-corrected chi connectivity index (χ2v) is 8.07. The van der Waals surface area contributed by atoms with Gasteiger partial charge in [0.1, 0.15) is 0 Å². The lowest BCUT2D eigenvalue weighted by atomic mass is 9.50. The van der Waals surface area contributed by atoms with Crippen LogP contribution >= 0.6 is 0 Å². The molecule has 0 aromatic carbocycles. The zero-order valence-corrected chi connectivity index (χ0v) is 13.4. The fraction of sp³-hybridized carbons (Fsp3) is 0.643. The number of ether oxygens (including phenoxy) is 1. The maximum atomic E-state index is 12.4. The summed E-state index contributed by atoms with van der Waals surface area (Å²) >= 11 is 0. The number of carbonyl (C=O) groups excluding carboxylic acids is 1. The number of aromatic nitrogens is 2. The topological polar surface area (TPSA) is 98.2 Å².